The predicted octanol–water partition coefficient (Wildman–Crippen LogP) is 5.73. The second-order valence-electron chi connectivity index (χ2n) is 4.00. The van der Waals surface area contributed by atoms with Gasteiger partial charge < -0.3 is 0 Å². The van der Waals surface area contributed by atoms with Crippen LogP contribution in [0, 0.1) is 0 Å². The summed E-state index contributed by atoms with van der Waals surface area (Å²) < 4.78 is 0. The zero-order valence-corrected chi connectivity index (χ0v) is 14.3. The molecule has 0 saturated carbocycles. The van der Waals surface area contributed by atoms with E-state index in [2.05, 4.69) is 54.8 Å². The molecule has 2 heterocycles. The van der Waals surface area contributed by atoms with Gasteiger partial charge in [0.15, 0.2) is 0 Å². The molecule has 0 aromatic carbocycles. The third-order valence-corrected chi connectivity index (χ3v) is 5.73. The molecular formula is C13H12Br2OS2. The van der Waals surface area contributed by atoms with Crippen molar-refractivity contribution in [3.63, 3.8) is 0 Å². The average Bonchev–Trinajstić information content (AvgIpc) is 3.02. The van der Waals surface area contributed by atoms with Crippen molar-refractivity contribution in [3.8, 4) is 0 Å². The molecule has 2 atom stereocenters. The number of ketones is 1. The van der Waals surface area contributed by atoms with Crippen molar-refractivity contribution >= 4 is 60.3 Å². The van der Waals surface area contributed by atoms with Crippen LogP contribution in [0.2, 0.25) is 0 Å². The molecule has 0 spiro atoms. The van der Waals surface area contributed by atoms with E-state index in [4.69, 9.17) is 0 Å². The summed E-state index contributed by atoms with van der Waals surface area (Å²) in [5.74, 6) is 0.274. The van der Waals surface area contributed by atoms with Crippen molar-refractivity contribution in [2.75, 3.05) is 0 Å². The largest absolute Gasteiger partial charge is 0.300 e. The molecule has 5 heteroatoms. The highest BCUT2D eigenvalue weighted by molar-refractivity contribution is 9.09. The molecule has 0 fully saturated rings. The Bertz CT molecular complexity index is 435. The topological polar surface area (TPSA) is 17.1 Å². The second-order valence-corrected chi connectivity index (χ2v) is 7.77. The lowest BCUT2D eigenvalue weighted by Crippen LogP contribution is -2.05. The molecule has 0 bridgehead atoms. The maximum Gasteiger partial charge on any atom is 0.135 e. The smallest absolute Gasteiger partial charge is 0.135 e. The van der Waals surface area contributed by atoms with Crippen LogP contribution in [-0.4, -0.2) is 5.78 Å². The van der Waals surface area contributed by atoms with Crippen molar-refractivity contribution in [1.29, 1.82) is 0 Å². The van der Waals surface area contributed by atoms with E-state index in [1.807, 2.05) is 10.8 Å². The first-order valence-corrected chi connectivity index (χ1v) is 9.22. The Morgan fingerprint density at radius 2 is 1.44 bits per heavy atom. The van der Waals surface area contributed by atoms with Crippen molar-refractivity contribution in [1.82, 2.24) is 0 Å². The number of hydrogen-bond acceptors (Lipinski definition) is 3. The summed E-state index contributed by atoms with van der Waals surface area (Å²) in [6.07, 6.45) is 1.09. The normalized spacial score (nSPS) is 14.3. The average molecular weight is 408 g/mol. The highest BCUT2D eigenvalue weighted by Gasteiger charge is 2.17. The lowest BCUT2D eigenvalue weighted by atomic mass is 10.1. The number of thiophene rings is 2. The van der Waals surface area contributed by atoms with Crippen molar-refractivity contribution in [2.45, 2.75) is 22.5 Å². The Balaban J connectivity index is 1.85. The van der Waals surface area contributed by atoms with Crippen LogP contribution in [0.5, 0.6) is 0 Å². The highest BCUT2D eigenvalue weighted by atomic mass is 79.9. The van der Waals surface area contributed by atoms with Gasteiger partial charge in [-0.25, -0.2) is 0 Å². The molecule has 2 aromatic rings. The Labute approximate surface area is 131 Å². The van der Waals surface area contributed by atoms with Gasteiger partial charge in [0.2, 0.25) is 0 Å². The molecule has 2 rings (SSSR count). The molecule has 0 saturated heterocycles. The molecule has 0 aliphatic carbocycles. The fraction of sp³-hybridized carbons (Fsp3) is 0.308. The Morgan fingerprint density at radius 1 is 1.00 bits per heavy atom. The maximum atomic E-state index is 12.0. The first-order valence-electron chi connectivity index (χ1n) is 5.51. The van der Waals surface area contributed by atoms with E-state index in [0.29, 0.717) is 12.8 Å². The second kappa shape index (κ2) is 6.98. The van der Waals surface area contributed by atoms with Crippen LogP contribution in [0.1, 0.15) is 33.6 Å². The minimum Gasteiger partial charge on any atom is -0.300 e. The third-order valence-electron chi connectivity index (χ3n) is 2.62. The van der Waals surface area contributed by atoms with Gasteiger partial charge in [-0.1, -0.05) is 31.9 Å². The third kappa shape index (κ3) is 4.02. The van der Waals surface area contributed by atoms with Gasteiger partial charge in [-0.05, 0) is 44.8 Å². The zero-order chi connectivity index (χ0) is 13.0. The van der Waals surface area contributed by atoms with Crippen molar-refractivity contribution in [2.24, 2.45) is 0 Å². The molecular weight excluding hydrogens is 396 g/mol. The van der Waals surface area contributed by atoms with E-state index in [-0.39, 0.29) is 15.4 Å². The van der Waals surface area contributed by atoms with Crippen LogP contribution in [0.15, 0.2) is 33.7 Å². The Morgan fingerprint density at radius 3 is 1.78 bits per heavy atom. The van der Waals surface area contributed by atoms with E-state index in [1.54, 1.807) is 22.7 Å². The first-order chi connectivity index (χ1) is 8.66. The van der Waals surface area contributed by atoms with Crippen LogP contribution in [0.25, 0.3) is 0 Å². The molecule has 1 nitrogen and oxygen atoms in total. The van der Waals surface area contributed by atoms with Crippen LogP contribution in [0.4, 0.5) is 0 Å². The molecule has 0 amide bonds. The summed E-state index contributed by atoms with van der Waals surface area (Å²) in [6.45, 7) is 0. The molecule has 0 N–H and O–H groups in total. The molecule has 96 valence electrons. The van der Waals surface area contributed by atoms with E-state index < -0.39 is 0 Å². The van der Waals surface area contributed by atoms with Gasteiger partial charge in [-0.2, -0.15) is 22.7 Å². The predicted molar refractivity (Wildman–Crippen MR) is 86.2 cm³/mol. The molecule has 2 unspecified atom stereocenters. The lowest BCUT2D eigenvalue weighted by Gasteiger charge is -2.10. The fourth-order valence-corrected chi connectivity index (χ4v) is 4.70. The molecule has 18 heavy (non-hydrogen) atoms. The van der Waals surface area contributed by atoms with Crippen LogP contribution >= 0.6 is 54.5 Å². The monoisotopic (exact) mass is 406 g/mol. The first kappa shape index (κ1) is 14.4. The molecule has 0 aliphatic rings. The minimum absolute atomic E-state index is 0.137. The van der Waals surface area contributed by atoms with Gasteiger partial charge in [0, 0.05) is 22.5 Å². The fourth-order valence-electron chi connectivity index (χ4n) is 1.63. The zero-order valence-electron chi connectivity index (χ0n) is 9.51. The van der Waals surface area contributed by atoms with E-state index in [0.717, 1.165) is 0 Å². The Hall–Kier alpha value is 0.0300. The van der Waals surface area contributed by atoms with Gasteiger partial charge in [-0.15, -0.1) is 0 Å². The number of hydrogen-bond donors (Lipinski definition) is 0. The molecule has 2 aromatic heterocycles. The summed E-state index contributed by atoms with van der Waals surface area (Å²) >= 11 is 10.5. The minimum atomic E-state index is 0.137. The summed E-state index contributed by atoms with van der Waals surface area (Å²) in [5.41, 5.74) is 2.38. The van der Waals surface area contributed by atoms with Crippen LogP contribution in [-0.2, 0) is 4.79 Å². The van der Waals surface area contributed by atoms with E-state index in [9.17, 15) is 4.79 Å². The van der Waals surface area contributed by atoms with Crippen LogP contribution in [0.3, 0.4) is 0 Å². The van der Waals surface area contributed by atoms with Gasteiger partial charge in [0.1, 0.15) is 5.78 Å². The summed E-state index contributed by atoms with van der Waals surface area (Å²) in [5, 5.41) is 8.23. The van der Waals surface area contributed by atoms with Gasteiger partial charge in [-0.3, -0.25) is 4.79 Å². The SMILES string of the molecule is O=C(CC(Br)c1ccsc1)CC(Br)c1ccsc1. The number of alkyl halides is 2. The number of carbonyl (C=O) groups is 1. The van der Waals surface area contributed by atoms with Gasteiger partial charge >= 0.3 is 0 Å². The maximum absolute atomic E-state index is 12.0. The lowest BCUT2D eigenvalue weighted by molar-refractivity contribution is -0.119. The number of halogens is 2. The van der Waals surface area contributed by atoms with Gasteiger partial charge in [0.25, 0.3) is 0 Å². The summed E-state index contributed by atoms with van der Waals surface area (Å²) in [6, 6.07) is 4.11. The molecule has 0 radical (unpaired) electrons. The molecule has 0 aliphatic heterocycles. The van der Waals surface area contributed by atoms with E-state index >= 15 is 0 Å². The van der Waals surface area contributed by atoms with Gasteiger partial charge in [0.05, 0.1) is 0 Å². The number of rotatable bonds is 6. The Kier molecular flexibility index (Phi) is 5.60. The van der Waals surface area contributed by atoms with Crippen LogP contribution < -0.4 is 0 Å². The standard InChI is InChI=1S/C13H12Br2OS2/c14-12(9-1-3-17-7-9)5-11(16)6-13(15)10-2-4-18-8-10/h1-4,7-8,12-13H,5-6H2. The van der Waals surface area contributed by atoms with E-state index in [1.165, 1.54) is 11.1 Å². The summed E-state index contributed by atoms with van der Waals surface area (Å²) in [7, 11) is 0. The summed E-state index contributed by atoms with van der Waals surface area (Å²) in [4.78, 5) is 12.3. The quantitative estimate of drug-likeness (QED) is 0.558. The number of Topliss-reactive ketones (excluding diaryl/α,β-unsaturated/α-hetero) is 1. The van der Waals surface area contributed by atoms with Crippen molar-refractivity contribution < 1.29 is 4.79 Å². The highest BCUT2D eigenvalue weighted by Crippen LogP contribution is 2.33. The number of carbonyl (C=O) groups excluding carboxylic acids is 1. The van der Waals surface area contributed by atoms with Crippen molar-refractivity contribution in [3.05, 3.63) is 44.8 Å².